The number of halogens is 3. The molecule has 0 saturated heterocycles. The lowest BCUT2D eigenvalue weighted by atomic mass is 10.1. The number of carbonyl (C=O) groups excluding carboxylic acids is 2. The number of benzene rings is 2. The molecule has 2 amide bonds. The predicted molar refractivity (Wildman–Crippen MR) is 138 cm³/mol. The first-order chi connectivity index (χ1) is 17.7. The number of carbonyl (C=O) groups is 2. The molecule has 0 bridgehead atoms. The summed E-state index contributed by atoms with van der Waals surface area (Å²) in [5.74, 6) is -1.53. The predicted octanol–water partition coefficient (Wildman–Crippen LogP) is 4.89. The van der Waals surface area contributed by atoms with Gasteiger partial charge >= 0.3 is 0 Å². The number of aliphatic hydroxyl groups is 1. The average molecular weight is 540 g/mol. The molecule has 188 valence electrons. The van der Waals surface area contributed by atoms with Crippen LogP contribution >= 0.6 is 23.2 Å². The van der Waals surface area contributed by atoms with E-state index in [2.05, 4.69) is 20.7 Å². The van der Waals surface area contributed by atoms with Gasteiger partial charge in [-0.2, -0.15) is 5.10 Å². The Kier molecular flexibility index (Phi) is 6.68. The van der Waals surface area contributed by atoms with Gasteiger partial charge in [-0.15, -0.1) is 0 Å². The number of nitrogens with zero attached hydrogens (tertiary/aromatic N) is 3. The van der Waals surface area contributed by atoms with Gasteiger partial charge in [0.1, 0.15) is 17.3 Å². The molecular formula is C26H20Cl2FN5O3. The van der Waals surface area contributed by atoms with E-state index in [1.165, 1.54) is 41.2 Å². The number of amides is 2. The third kappa shape index (κ3) is 5.34. The molecule has 0 atom stereocenters. The largest absolute Gasteiger partial charge is 0.388 e. The molecule has 5 rings (SSSR count). The van der Waals surface area contributed by atoms with E-state index in [0.29, 0.717) is 18.5 Å². The zero-order valence-electron chi connectivity index (χ0n) is 19.2. The second kappa shape index (κ2) is 9.93. The summed E-state index contributed by atoms with van der Waals surface area (Å²) >= 11 is 12.6. The van der Waals surface area contributed by atoms with Gasteiger partial charge in [0, 0.05) is 24.4 Å². The zero-order valence-corrected chi connectivity index (χ0v) is 20.7. The number of anilines is 1. The van der Waals surface area contributed by atoms with E-state index >= 15 is 0 Å². The van der Waals surface area contributed by atoms with Crippen molar-refractivity contribution in [2.45, 2.75) is 18.4 Å². The third-order valence-corrected chi connectivity index (χ3v) is 6.53. The number of hydrogen-bond acceptors (Lipinski definition) is 5. The Morgan fingerprint density at radius 3 is 2.49 bits per heavy atom. The molecule has 4 aromatic rings. The van der Waals surface area contributed by atoms with E-state index in [0.717, 1.165) is 0 Å². The summed E-state index contributed by atoms with van der Waals surface area (Å²) in [5, 5.41) is 20.0. The molecule has 1 saturated carbocycles. The van der Waals surface area contributed by atoms with Crippen molar-refractivity contribution in [3.05, 3.63) is 94.0 Å². The van der Waals surface area contributed by atoms with Crippen molar-refractivity contribution in [1.29, 1.82) is 0 Å². The van der Waals surface area contributed by atoms with E-state index in [1.54, 1.807) is 24.3 Å². The van der Waals surface area contributed by atoms with Crippen LogP contribution in [-0.2, 0) is 0 Å². The summed E-state index contributed by atoms with van der Waals surface area (Å²) in [6.45, 7) is 0.110. The molecule has 8 nitrogen and oxygen atoms in total. The lowest BCUT2D eigenvalue weighted by Gasteiger charge is -2.12. The van der Waals surface area contributed by atoms with Gasteiger partial charge in [0.15, 0.2) is 5.69 Å². The number of para-hydroxylation sites is 1. The van der Waals surface area contributed by atoms with E-state index in [9.17, 15) is 19.1 Å². The Morgan fingerprint density at radius 1 is 1.03 bits per heavy atom. The molecule has 2 heterocycles. The molecule has 0 radical (unpaired) electrons. The third-order valence-electron chi connectivity index (χ3n) is 5.90. The number of nitrogens with one attached hydrogen (secondary N) is 2. The van der Waals surface area contributed by atoms with Gasteiger partial charge in [0.25, 0.3) is 11.8 Å². The van der Waals surface area contributed by atoms with Crippen molar-refractivity contribution in [3.8, 4) is 16.9 Å². The minimum Gasteiger partial charge on any atom is -0.388 e. The van der Waals surface area contributed by atoms with Crippen LogP contribution in [0.5, 0.6) is 0 Å². The fourth-order valence-corrected chi connectivity index (χ4v) is 4.23. The molecule has 0 unspecified atom stereocenters. The van der Waals surface area contributed by atoms with Crippen molar-refractivity contribution in [3.63, 3.8) is 0 Å². The van der Waals surface area contributed by atoms with Crippen molar-refractivity contribution >= 4 is 40.8 Å². The number of rotatable bonds is 7. The van der Waals surface area contributed by atoms with Crippen LogP contribution < -0.4 is 10.6 Å². The Labute approximate surface area is 221 Å². The van der Waals surface area contributed by atoms with Gasteiger partial charge in [-0.1, -0.05) is 41.4 Å². The molecule has 2 aromatic carbocycles. The van der Waals surface area contributed by atoms with Crippen molar-refractivity contribution in [2.75, 3.05) is 11.9 Å². The fourth-order valence-electron chi connectivity index (χ4n) is 3.68. The van der Waals surface area contributed by atoms with Crippen molar-refractivity contribution < 1.29 is 19.1 Å². The average Bonchev–Trinajstić information content (AvgIpc) is 3.48. The van der Waals surface area contributed by atoms with Crippen LogP contribution in [0, 0.1) is 5.82 Å². The number of hydrogen-bond donors (Lipinski definition) is 3. The summed E-state index contributed by atoms with van der Waals surface area (Å²) in [7, 11) is 0. The molecule has 11 heteroatoms. The number of pyridine rings is 1. The van der Waals surface area contributed by atoms with Crippen molar-refractivity contribution in [1.82, 2.24) is 20.1 Å². The Hall–Kier alpha value is -3.79. The molecule has 0 aliphatic heterocycles. The lowest BCUT2D eigenvalue weighted by Crippen LogP contribution is -2.33. The first-order valence-electron chi connectivity index (χ1n) is 11.3. The summed E-state index contributed by atoms with van der Waals surface area (Å²) < 4.78 is 15.8. The van der Waals surface area contributed by atoms with Crippen LogP contribution in [0.1, 0.15) is 33.7 Å². The second-order valence-electron chi connectivity index (χ2n) is 8.67. The van der Waals surface area contributed by atoms with Gasteiger partial charge in [-0.05, 0) is 49.2 Å². The smallest absolute Gasteiger partial charge is 0.271 e. The lowest BCUT2D eigenvalue weighted by molar-refractivity contribution is 0.0890. The summed E-state index contributed by atoms with van der Waals surface area (Å²) in [6, 6.07) is 15.7. The monoisotopic (exact) mass is 539 g/mol. The highest BCUT2D eigenvalue weighted by Gasteiger charge is 2.40. The molecule has 1 aliphatic rings. The SMILES string of the molecule is O=C(NCC1(O)CC1)c1cc(NC(=O)c2cc(-c3ncccc3F)c(Cl)cc2Cl)n(-c2ccccc2)n1. The fraction of sp³-hybridized carbons (Fsp3) is 0.154. The maximum atomic E-state index is 14.4. The molecule has 37 heavy (non-hydrogen) atoms. The van der Waals surface area contributed by atoms with Gasteiger partial charge < -0.3 is 15.7 Å². The summed E-state index contributed by atoms with van der Waals surface area (Å²) in [4.78, 5) is 30.1. The topological polar surface area (TPSA) is 109 Å². The maximum Gasteiger partial charge on any atom is 0.271 e. The van der Waals surface area contributed by atoms with E-state index in [-0.39, 0.29) is 44.9 Å². The minimum atomic E-state index is -0.870. The van der Waals surface area contributed by atoms with Crippen LogP contribution in [0.15, 0.2) is 66.9 Å². The van der Waals surface area contributed by atoms with Gasteiger partial charge in [0.05, 0.1) is 26.9 Å². The molecule has 1 aliphatic carbocycles. The summed E-state index contributed by atoms with van der Waals surface area (Å²) in [6.07, 6.45) is 2.66. The first kappa shape index (κ1) is 24.9. The van der Waals surface area contributed by atoms with E-state index < -0.39 is 23.2 Å². The molecular weight excluding hydrogens is 520 g/mol. The van der Waals surface area contributed by atoms with Gasteiger partial charge in [-0.3, -0.25) is 14.6 Å². The van der Waals surface area contributed by atoms with Crippen molar-refractivity contribution in [2.24, 2.45) is 0 Å². The minimum absolute atomic E-state index is 0.0221. The highest BCUT2D eigenvalue weighted by molar-refractivity contribution is 6.38. The molecule has 3 N–H and O–H groups in total. The standard InChI is InChI=1S/C26H20Cl2FN5O3/c27-18-12-19(28)17(11-16(18)23-20(29)7-4-10-30-23)24(35)32-22-13-21(25(36)31-14-26(37)8-9-26)33-34(22)15-5-2-1-3-6-15/h1-7,10-13,37H,8-9,14H2,(H,31,36)(H,32,35). The van der Waals surface area contributed by atoms with Crippen LogP contribution in [0.2, 0.25) is 10.0 Å². The Bertz CT molecular complexity index is 1510. The second-order valence-corrected chi connectivity index (χ2v) is 9.48. The first-order valence-corrected chi connectivity index (χ1v) is 12.1. The highest BCUT2D eigenvalue weighted by Crippen LogP contribution is 2.35. The zero-order chi connectivity index (χ0) is 26.2. The van der Waals surface area contributed by atoms with E-state index in [1.807, 2.05) is 6.07 Å². The molecule has 2 aromatic heterocycles. The van der Waals surface area contributed by atoms with Gasteiger partial charge in [-0.25, -0.2) is 9.07 Å². The quantitative estimate of drug-likeness (QED) is 0.310. The number of aromatic nitrogens is 3. The normalized spacial score (nSPS) is 13.7. The van der Waals surface area contributed by atoms with Gasteiger partial charge in [0.2, 0.25) is 0 Å². The Balaban J connectivity index is 1.47. The van der Waals surface area contributed by atoms with Crippen LogP contribution in [0.4, 0.5) is 10.2 Å². The Morgan fingerprint density at radius 2 is 1.78 bits per heavy atom. The van der Waals surface area contributed by atoms with Crippen LogP contribution in [-0.4, -0.2) is 43.8 Å². The summed E-state index contributed by atoms with van der Waals surface area (Å²) in [5.41, 5.74) is -0.0372. The van der Waals surface area contributed by atoms with E-state index in [4.69, 9.17) is 23.2 Å². The van der Waals surface area contributed by atoms with Crippen LogP contribution in [0.3, 0.4) is 0 Å². The van der Waals surface area contributed by atoms with Crippen LogP contribution in [0.25, 0.3) is 16.9 Å². The molecule has 1 fully saturated rings. The molecule has 0 spiro atoms. The maximum absolute atomic E-state index is 14.4. The highest BCUT2D eigenvalue weighted by atomic mass is 35.5.